The third-order valence-electron chi connectivity index (χ3n) is 6.00. The predicted molar refractivity (Wildman–Crippen MR) is 122 cm³/mol. The molecule has 8 heteroatoms. The number of likely N-dealkylation sites (N-methyl/N-ethyl adjacent to an activating group) is 1. The number of piperazine rings is 1. The lowest BCUT2D eigenvalue weighted by atomic mass is 9.98. The maximum absolute atomic E-state index is 11.7. The predicted octanol–water partition coefficient (Wildman–Crippen LogP) is 3.03. The van der Waals surface area contributed by atoms with Gasteiger partial charge in [-0.05, 0) is 42.3 Å². The fraction of sp³-hybridized carbons (Fsp3) is 0.375. The molecule has 4 rings (SSSR count). The zero-order valence-corrected chi connectivity index (χ0v) is 18.7. The van der Waals surface area contributed by atoms with E-state index in [-0.39, 0.29) is 23.2 Å². The van der Waals surface area contributed by atoms with Crippen LogP contribution in [0.1, 0.15) is 41.5 Å². The molecule has 32 heavy (non-hydrogen) atoms. The van der Waals surface area contributed by atoms with E-state index in [1.54, 1.807) is 10.6 Å². The van der Waals surface area contributed by atoms with Crippen molar-refractivity contribution >= 4 is 6.29 Å². The van der Waals surface area contributed by atoms with Crippen LogP contribution >= 0.6 is 0 Å². The van der Waals surface area contributed by atoms with E-state index < -0.39 is 0 Å². The van der Waals surface area contributed by atoms with E-state index in [2.05, 4.69) is 27.0 Å². The van der Waals surface area contributed by atoms with Crippen molar-refractivity contribution < 1.29 is 15.0 Å². The topological polar surface area (TPSA) is 94.7 Å². The molecule has 1 aromatic heterocycles. The summed E-state index contributed by atoms with van der Waals surface area (Å²) in [5, 5.41) is 28.9. The molecule has 1 aliphatic heterocycles. The summed E-state index contributed by atoms with van der Waals surface area (Å²) in [6.45, 7) is 9.01. The maximum atomic E-state index is 11.7. The Kier molecular flexibility index (Phi) is 6.25. The van der Waals surface area contributed by atoms with Crippen molar-refractivity contribution in [1.29, 1.82) is 0 Å². The van der Waals surface area contributed by atoms with Gasteiger partial charge in [-0.2, -0.15) is 0 Å². The number of rotatable bonds is 6. The maximum Gasteiger partial charge on any atom is 0.201 e. The van der Waals surface area contributed by atoms with Crippen LogP contribution in [0.5, 0.6) is 11.5 Å². The largest absolute Gasteiger partial charge is 0.508 e. The van der Waals surface area contributed by atoms with Gasteiger partial charge in [0.2, 0.25) is 5.82 Å². The zero-order chi connectivity index (χ0) is 22.8. The van der Waals surface area contributed by atoms with Crippen LogP contribution in [0.25, 0.3) is 17.1 Å². The first-order chi connectivity index (χ1) is 15.4. The van der Waals surface area contributed by atoms with Crippen molar-refractivity contribution in [2.24, 2.45) is 0 Å². The Labute approximate surface area is 187 Å². The fourth-order valence-corrected chi connectivity index (χ4v) is 4.05. The summed E-state index contributed by atoms with van der Waals surface area (Å²) >= 11 is 0. The molecule has 0 spiro atoms. The van der Waals surface area contributed by atoms with Gasteiger partial charge in [0.05, 0.1) is 5.56 Å². The molecule has 1 fully saturated rings. The average molecular weight is 436 g/mol. The first-order valence-electron chi connectivity index (χ1n) is 10.8. The van der Waals surface area contributed by atoms with Gasteiger partial charge in [-0.3, -0.25) is 14.3 Å². The van der Waals surface area contributed by atoms with Gasteiger partial charge in [0.15, 0.2) is 12.1 Å². The number of aromatic hydroxyl groups is 2. The van der Waals surface area contributed by atoms with E-state index in [4.69, 9.17) is 0 Å². The number of phenols is 2. The van der Waals surface area contributed by atoms with Gasteiger partial charge >= 0.3 is 0 Å². The minimum Gasteiger partial charge on any atom is -0.508 e. The Morgan fingerprint density at radius 2 is 1.69 bits per heavy atom. The first kappa shape index (κ1) is 22.0. The van der Waals surface area contributed by atoms with Crippen LogP contribution in [0, 0.1) is 0 Å². The average Bonchev–Trinajstić information content (AvgIpc) is 3.19. The zero-order valence-electron chi connectivity index (χ0n) is 18.7. The lowest BCUT2D eigenvalue weighted by molar-refractivity contribution is 0.111. The first-order valence-corrected chi connectivity index (χ1v) is 10.8. The molecule has 8 nitrogen and oxygen atoms in total. The summed E-state index contributed by atoms with van der Waals surface area (Å²) in [5.41, 5.74) is 3.01. The Balaban J connectivity index is 1.67. The Morgan fingerprint density at radius 3 is 2.31 bits per heavy atom. The van der Waals surface area contributed by atoms with E-state index in [0.717, 1.165) is 38.4 Å². The monoisotopic (exact) mass is 435 g/mol. The third kappa shape index (κ3) is 4.37. The second kappa shape index (κ2) is 9.10. The van der Waals surface area contributed by atoms with Crippen molar-refractivity contribution in [3.05, 3.63) is 53.3 Å². The minimum absolute atomic E-state index is 0.0242. The van der Waals surface area contributed by atoms with Gasteiger partial charge in [-0.1, -0.05) is 26.0 Å². The number of aromatic nitrogens is 3. The van der Waals surface area contributed by atoms with E-state index in [1.165, 1.54) is 11.6 Å². The summed E-state index contributed by atoms with van der Waals surface area (Å²) in [6, 6.07) is 11.0. The molecular formula is C24H29N5O3. The van der Waals surface area contributed by atoms with Crippen molar-refractivity contribution in [3.63, 3.8) is 0 Å². The number of carbonyl (C=O) groups is 1. The molecular weight excluding hydrogens is 406 g/mol. The number of phenolic OH excluding ortho intramolecular Hbond substituents is 2. The smallest absolute Gasteiger partial charge is 0.201 e. The Bertz CT molecular complexity index is 1100. The normalized spacial score (nSPS) is 15.4. The number of aldehydes is 1. The van der Waals surface area contributed by atoms with Crippen LogP contribution < -0.4 is 0 Å². The molecule has 0 aliphatic carbocycles. The number of nitrogens with zero attached hydrogens (tertiary/aromatic N) is 5. The highest BCUT2D eigenvalue weighted by Crippen LogP contribution is 2.38. The molecule has 2 aromatic carbocycles. The molecule has 1 saturated heterocycles. The summed E-state index contributed by atoms with van der Waals surface area (Å²) in [4.78, 5) is 16.4. The molecule has 0 amide bonds. The Morgan fingerprint density at radius 1 is 1.00 bits per heavy atom. The van der Waals surface area contributed by atoms with E-state index in [0.29, 0.717) is 23.2 Å². The minimum atomic E-state index is -0.121. The quantitative estimate of drug-likeness (QED) is 0.575. The van der Waals surface area contributed by atoms with Crippen LogP contribution in [0.4, 0.5) is 0 Å². The van der Waals surface area contributed by atoms with Crippen molar-refractivity contribution in [2.45, 2.75) is 26.3 Å². The van der Waals surface area contributed by atoms with E-state index in [1.807, 2.05) is 38.1 Å². The Hall–Kier alpha value is -3.23. The van der Waals surface area contributed by atoms with Gasteiger partial charge in [0, 0.05) is 44.5 Å². The molecule has 0 bridgehead atoms. The molecule has 0 saturated carbocycles. The van der Waals surface area contributed by atoms with Gasteiger partial charge in [-0.25, -0.2) is 0 Å². The molecule has 0 radical (unpaired) electrons. The van der Waals surface area contributed by atoms with E-state index >= 15 is 0 Å². The second-order valence-electron chi connectivity index (χ2n) is 8.66. The third-order valence-corrected chi connectivity index (χ3v) is 6.00. The summed E-state index contributed by atoms with van der Waals surface area (Å²) in [7, 11) is 2.14. The summed E-state index contributed by atoms with van der Waals surface area (Å²) in [6.07, 6.45) is 0.648. The number of hydrogen-bond acceptors (Lipinski definition) is 7. The highest BCUT2D eigenvalue weighted by molar-refractivity contribution is 5.76. The van der Waals surface area contributed by atoms with Crippen molar-refractivity contribution in [1.82, 2.24) is 24.6 Å². The van der Waals surface area contributed by atoms with Gasteiger partial charge < -0.3 is 15.1 Å². The standard InChI is InChI=1S/C24H29N5O3/c1-16(2)19-12-20(22(32)13-21(19)31)24-26-25-23(15-30)29(24)18-6-4-17(5-7-18)14-28-10-8-27(3)9-11-28/h4-7,12-13,15-16,31-32H,8-11,14H2,1-3H3. The van der Waals surface area contributed by atoms with Gasteiger partial charge in [0.25, 0.3) is 0 Å². The molecule has 3 aromatic rings. The summed E-state index contributed by atoms with van der Waals surface area (Å²) in [5.74, 6) is 0.440. The molecule has 0 atom stereocenters. The van der Waals surface area contributed by atoms with Crippen molar-refractivity contribution in [3.8, 4) is 28.6 Å². The van der Waals surface area contributed by atoms with Crippen LogP contribution in [0.3, 0.4) is 0 Å². The molecule has 0 unspecified atom stereocenters. The van der Waals surface area contributed by atoms with Crippen LogP contribution in [0.2, 0.25) is 0 Å². The highest BCUT2D eigenvalue weighted by atomic mass is 16.3. The van der Waals surface area contributed by atoms with Crippen LogP contribution in [0.15, 0.2) is 36.4 Å². The highest BCUT2D eigenvalue weighted by Gasteiger charge is 2.21. The molecule has 168 valence electrons. The van der Waals surface area contributed by atoms with Gasteiger partial charge in [0.1, 0.15) is 11.5 Å². The lowest BCUT2D eigenvalue weighted by Gasteiger charge is -2.32. The number of carbonyl (C=O) groups excluding carboxylic acids is 1. The lowest BCUT2D eigenvalue weighted by Crippen LogP contribution is -2.43. The second-order valence-corrected chi connectivity index (χ2v) is 8.66. The number of benzene rings is 2. The van der Waals surface area contributed by atoms with Crippen LogP contribution in [-0.2, 0) is 6.54 Å². The van der Waals surface area contributed by atoms with E-state index in [9.17, 15) is 15.0 Å². The van der Waals surface area contributed by atoms with Gasteiger partial charge in [-0.15, -0.1) is 10.2 Å². The number of hydrogen-bond donors (Lipinski definition) is 2. The summed E-state index contributed by atoms with van der Waals surface area (Å²) < 4.78 is 1.63. The molecule has 2 N–H and O–H groups in total. The molecule has 1 aliphatic rings. The fourth-order valence-electron chi connectivity index (χ4n) is 4.05. The molecule has 2 heterocycles. The SMILES string of the molecule is CC(C)c1cc(-c2nnc(C=O)n2-c2ccc(CN3CCN(C)CC3)cc2)c(O)cc1O. The van der Waals surface area contributed by atoms with Crippen LogP contribution in [-0.4, -0.2) is 74.3 Å². The van der Waals surface area contributed by atoms with Crippen molar-refractivity contribution in [2.75, 3.05) is 33.2 Å².